The summed E-state index contributed by atoms with van der Waals surface area (Å²) in [5.41, 5.74) is 1.06. The second kappa shape index (κ2) is 4.60. The van der Waals surface area contributed by atoms with Gasteiger partial charge in [0.15, 0.2) is 0 Å². The largest absolute Gasteiger partial charge is 0.310 e. The van der Waals surface area contributed by atoms with E-state index in [1.165, 1.54) is 0 Å². The number of benzene rings is 1. The average molecular weight is 247 g/mol. The third-order valence-corrected chi connectivity index (χ3v) is 3.09. The van der Waals surface area contributed by atoms with Crippen molar-refractivity contribution in [2.45, 2.75) is 6.42 Å². The molecule has 0 aliphatic carbocycles. The van der Waals surface area contributed by atoms with E-state index in [1.807, 2.05) is 0 Å². The monoisotopic (exact) mass is 246 g/mol. The van der Waals surface area contributed by atoms with Crippen LogP contribution in [0, 0.1) is 17.2 Å². The van der Waals surface area contributed by atoms with Crippen LogP contribution in [0.25, 0.3) is 0 Å². The number of nitrogens with zero attached hydrogens (tertiary/aromatic N) is 2. The molecule has 1 aromatic rings. The molecule has 4 heteroatoms. The van der Waals surface area contributed by atoms with Crippen LogP contribution in [0.2, 0.25) is 5.02 Å². The van der Waals surface area contributed by atoms with Crippen molar-refractivity contribution in [1.82, 2.24) is 0 Å². The molecule has 86 valence electrons. The van der Waals surface area contributed by atoms with Crippen LogP contribution in [0.15, 0.2) is 30.9 Å². The van der Waals surface area contributed by atoms with E-state index in [1.54, 1.807) is 29.2 Å². The van der Waals surface area contributed by atoms with E-state index in [0.717, 1.165) is 0 Å². The van der Waals surface area contributed by atoms with Crippen molar-refractivity contribution in [3.63, 3.8) is 0 Å². The fourth-order valence-corrected chi connectivity index (χ4v) is 2.11. The molecule has 1 amide bonds. The lowest BCUT2D eigenvalue weighted by Gasteiger charge is -2.17. The fraction of sp³-hybridized carbons (Fsp3) is 0.231. The first-order valence-corrected chi connectivity index (χ1v) is 5.66. The number of amides is 1. The predicted molar refractivity (Wildman–Crippen MR) is 66.8 cm³/mol. The van der Waals surface area contributed by atoms with Gasteiger partial charge in [-0.15, -0.1) is 6.58 Å². The van der Waals surface area contributed by atoms with Crippen LogP contribution in [0.5, 0.6) is 0 Å². The first-order valence-electron chi connectivity index (χ1n) is 5.28. The zero-order valence-corrected chi connectivity index (χ0v) is 9.94. The third-order valence-electron chi connectivity index (χ3n) is 2.86. The molecule has 3 nitrogen and oxygen atoms in total. The Bertz CT molecular complexity index is 519. The second-order valence-corrected chi connectivity index (χ2v) is 4.41. The first kappa shape index (κ1) is 11.7. The fourth-order valence-electron chi connectivity index (χ4n) is 1.95. The molecule has 0 spiro atoms. The molecule has 1 aromatic carbocycles. The molecule has 2 rings (SSSR count). The molecule has 0 N–H and O–H groups in total. The van der Waals surface area contributed by atoms with Gasteiger partial charge in [0.25, 0.3) is 0 Å². The lowest BCUT2D eigenvalue weighted by atomic mass is 10.1. The molecule has 1 fully saturated rings. The molecular formula is C13H11ClN2O. The highest BCUT2D eigenvalue weighted by molar-refractivity contribution is 6.31. The van der Waals surface area contributed by atoms with E-state index in [2.05, 4.69) is 12.6 Å². The van der Waals surface area contributed by atoms with Crippen molar-refractivity contribution in [2.24, 2.45) is 5.92 Å². The van der Waals surface area contributed by atoms with E-state index in [4.69, 9.17) is 16.9 Å². The number of hydrogen-bond acceptors (Lipinski definition) is 2. The topological polar surface area (TPSA) is 44.1 Å². The summed E-state index contributed by atoms with van der Waals surface area (Å²) < 4.78 is 0. The normalized spacial score (nSPS) is 19.2. The lowest BCUT2D eigenvalue weighted by molar-refractivity contribution is -0.117. The van der Waals surface area contributed by atoms with Gasteiger partial charge in [0.2, 0.25) is 5.91 Å². The molecule has 0 bridgehead atoms. The molecule has 0 radical (unpaired) electrons. The van der Waals surface area contributed by atoms with Crippen LogP contribution in [0.4, 0.5) is 5.69 Å². The Labute approximate surface area is 105 Å². The van der Waals surface area contributed by atoms with Gasteiger partial charge in [0.1, 0.15) is 6.07 Å². The van der Waals surface area contributed by atoms with Crippen LogP contribution < -0.4 is 4.90 Å². The quantitative estimate of drug-likeness (QED) is 0.753. The van der Waals surface area contributed by atoms with Crippen molar-refractivity contribution in [3.8, 4) is 6.07 Å². The summed E-state index contributed by atoms with van der Waals surface area (Å²) in [6.07, 6.45) is 2.22. The highest BCUT2D eigenvalue weighted by Gasteiger charge is 2.30. The maximum atomic E-state index is 11.8. The molecule has 1 aliphatic heterocycles. The maximum Gasteiger partial charge on any atom is 0.227 e. The van der Waals surface area contributed by atoms with Crippen molar-refractivity contribution in [3.05, 3.63) is 41.4 Å². The number of hydrogen-bond donors (Lipinski definition) is 0. The van der Waals surface area contributed by atoms with Gasteiger partial charge in [-0.3, -0.25) is 4.79 Å². The number of rotatable bonds is 2. The summed E-state index contributed by atoms with van der Waals surface area (Å²) >= 11 is 5.90. The summed E-state index contributed by atoms with van der Waals surface area (Å²) in [5.74, 6) is 0.154. The summed E-state index contributed by atoms with van der Waals surface area (Å²) in [7, 11) is 0. The SMILES string of the molecule is C=CC1CC(=O)N(c2cc(Cl)ccc2C#N)C1. The highest BCUT2D eigenvalue weighted by Crippen LogP contribution is 2.30. The second-order valence-electron chi connectivity index (χ2n) is 3.98. The van der Waals surface area contributed by atoms with Crippen LogP contribution in [0.3, 0.4) is 0 Å². The van der Waals surface area contributed by atoms with Gasteiger partial charge in [0, 0.05) is 23.9 Å². The van der Waals surface area contributed by atoms with Gasteiger partial charge in [0.05, 0.1) is 11.3 Å². The molecular weight excluding hydrogens is 236 g/mol. The van der Waals surface area contributed by atoms with Gasteiger partial charge in [-0.2, -0.15) is 5.26 Å². The van der Waals surface area contributed by atoms with Gasteiger partial charge < -0.3 is 4.90 Å². The van der Waals surface area contributed by atoms with Gasteiger partial charge >= 0.3 is 0 Å². The molecule has 0 aromatic heterocycles. The standard InChI is InChI=1S/C13H11ClN2O/c1-2-9-5-13(17)16(8-9)12-6-11(14)4-3-10(12)7-15/h2-4,6,9H,1,5,8H2. The molecule has 1 atom stereocenters. The average Bonchev–Trinajstić information content (AvgIpc) is 2.70. The van der Waals surface area contributed by atoms with E-state index in [0.29, 0.717) is 29.2 Å². The zero-order valence-electron chi connectivity index (χ0n) is 9.19. The van der Waals surface area contributed by atoms with Gasteiger partial charge in [-0.25, -0.2) is 0 Å². The zero-order chi connectivity index (χ0) is 12.4. The van der Waals surface area contributed by atoms with Crippen molar-refractivity contribution < 1.29 is 4.79 Å². The Morgan fingerprint density at radius 1 is 1.59 bits per heavy atom. The first-order chi connectivity index (χ1) is 8.15. The predicted octanol–water partition coefficient (Wildman–Crippen LogP) is 2.75. The minimum atomic E-state index is 0.00802. The number of anilines is 1. The summed E-state index contributed by atoms with van der Waals surface area (Å²) in [6, 6.07) is 7.01. The van der Waals surface area contributed by atoms with Crippen LogP contribution in [-0.4, -0.2) is 12.5 Å². The van der Waals surface area contributed by atoms with Crippen molar-refractivity contribution >= 4 is 23.2 Å². The van der Waals surface area contributed by atoms with Crippen LogP contribution >= 0.6 is 11.6 Å². The van der Waals surface area contributed by atoms with Crippen molar-refractivity contribution in [1.29, 1.82) is 5.26 Å². The Hall–Kier alpha value is -1.79. The third kappa shape index (κ3) is 2.17. The number of nitriles is 1. The molecule has 1 aliphatic rings. The Morgan fingerprint density at radius 3 is 2.94 bits per heavy atom. The van der Waals surface area contributed by atoms with Crippen LogP contribution in [-0.2, 0) is 4.79 Å². The summed E-state index contributed by atoms with van der Waals surface area (Å²) in [4.78, 5) is 13.5. The minimum Gasteiger partial charge on any atom is -0.310 e. The van der Waals surface area contributed by atoms with E-state index in [9.17, 15) is 4.79 Å². The number of halogens is 1. The minimum absolute atomic E-state index is 0.00802. The van der Waals surface area contributed by atoms with Gasteiger partial charge in [-0.1, -0.05) is 17.7 Å². The van der Waals surface area contributed by atoms with E-state index < -0.39 is 0 Å². The number of carbonyl (C=O) groups is 1. The molecule has 17 heavy (non-hydrogen) atoms. The maximum absolute atomic E-state index is 11.8. The smallest absolute Gasteiger partial charge is 0.227 e. The Morgan fingerprint density at radius 2 is 2.35 bits per heavy atom. The Kier molecular flexibility index (Phi) is 3.16. The molecule has 0 saturated carbocycles. The summed E-state index contributed by atoms with van der Waals surface area (Å²) in [5, 5.41) is 9.55. The lowest BCUT2D eigenvalue weighted by Crippen LogP contribution is -2.25. The molecule has 1 unspecified atom stereocenters. The number of carbonyl (C=O) groups excluding carboxylic acids is 1. The van der Waals surface area contributed by atoms with Gasteiger partial charge in [-0.05, 0) is 18.2 Å². The highest BCUT2D eigenvalue weighted by atomic mass is 35.5. The van der Waals surface area contributed by atoms with Crippen molar-refractivity contribution in [2.75, 3.05) is 11.4 Å². The van der Waals surface area contributed by atoms with E-state index >= 15 is 0 Å². The molecule has 1 heterocycles. The van der Waals surface area contributed by atoms with Crippen LogP contribution in [0.1, 0.15) is 12.0 Å². The van der Waals surface area contributed by atoms with E-state index in [-0.39, 0.29) is 11.8 Å². The Balaban J connectivity index is 2.41. The molecule has 1 saturated heterocycles. The summed E-state index contributed by atoms with van der Waals surface area (Å²) in [6.45, 7) is 4.26.